The molecule has 0 spiro atoms. The van der Waals surface area contributed by atoms with Crippen molar-refractivity contribution in [1.29, 1.82) is 0 Å². The van der Waals surface area contributed by atoms with E-state index in [2.05, 4.69) is 17.1 Å². The van der Waals surface area contributed by atoms with Crippen LogP contribution in [0.25, 0.3) is 10.8 Å². The quantitative estimate of drug-likeness (QED) is 0.680. The molecule has 126 valence electrons. The van der Waals surface area contributed by atoms with Crippen LogP contribution >= 0.6 is 11.6 Å². The highest BCUT2D eigenvalue weighted by atomic mass is 35.5. The first-order valence-electron chi connectivity index (χ1n) is 8.59. The summed E-state index contributed by atoms with van der Waals surface area (Å²) in [5.41, 5.74) is 2.11. The van der Waals surface area contributed by atoms with Gasteiger partial charge < -0.3 is 4.90 Å². The summed E-state index contributed by atoms with van der Waals surface area (Å²) in [5, 5.41) is 2.89. The van der Waals surface area contributed by atoms with Crippen molar-refractivity contribution in [3.63, 3.8) is 0 Å². The van der Waals surface area contributed by atoms with Crippen molar-refractivity contribution in [2.45, 2.75) is 25.3 Å². The Morgan fingerprint density at radius 2 is 2.04 bits per heavy atom. The summed E-state index contributed by atoms with van der Waals surface area (Å²) in [6.45, 7) is 0.800. The third-order valence-electron chi connectivity index (χ3n) is 4.90. The Bertz CT molecular complexity index is 919. The van der Waals surface area contributed by atoms with Gasteiger partial charge in [-0.25, -0.2) is 0 Å². The van der Waals surface area contributed by atoms with Crippen LogP contribution in [0, 0.1) is 0 Å². The molecule has 2 aromatic carbocycles. The number of pyridine rings is 1. The van der Waals surface area contributed by atoms with E-state index in [4.69, 9.17) is 11.6 Å². The summed E-state index contributed by atoms with van der Waals surface area (Å²) in [7, 11) is 0. The summed E-state index contributed by atoms with van der Waals surface area (Å²) in [5.74, 6) is 0.153. The smallest absolute Gasteiger partial charge is 0.227 e. The molecule has 1 aliphatic heterocycles. The van der Waals surface area contributed by atoms with Crippen molar-refractivity contribution in [2.24, 2.45) is 0 Å². The molecule has 0 N–H and O–H groups in total. The summed E-state index contributed by atoms with van der Waals surface area (Å²) < 4.78 is 0. The van der Waals surface area contributed by atoms with Gasteiger partial charge in [-0.1, -0.05) is 48.0 Å². The number of benzene rings is 2. The maximum atomic E-state index is 13.0. The predicted molar refractivity (Wildman–Crippen MR) is 101 cm³/mol. The largest absolute Gasteiger partial charge is 0.335 e. The zero-order chi connectivity index (χ0) is 17.2. The fourth-order valence-corrected chi connectivity index (χ4v) is 3.91. The number of carbonyl (C=O) groups is 1. The molecule has 1 aliphatic rings. The molecular formula is C21H19ClN2O. The van der Waals surface area contributed by atoms with E-state index in [1.54, 1.807) is 0 Å². The Morgan fingerprint density at radius 3 is 2.92 bits per heavy atom. The fraction of sp³-hybridized carbons (Fsp3) is 0.238. The third-order valence-corrected chi connectivity index (χ3v) is 5.13. The molecule has 0 saturated carbocycles. The normalized spacial score (nSPS) is 17.2. The van der Waals surface area contributed by atoms with E-state index >= 15 is 0 Å². The monoisotopic (exact) mass is 350 g/mol. The molecule has 1 atom stereocenters. The number of amides is 1. The van der Waals surface area contributed by atoms with Gasteiger partial charge in [0.25, 0.3) is 0 Å². The number of carbonyl (C=O) groups excluding carboxylic acids is 1. The number of likely N-dealkylation sites (tertiary alicyclic amines) is 1. The molecule has 2 heterocycles. The first-order valence-corrected chi connectivity index (χ1v) is 8.97. The van der Waals surface area contributed by atoms with Gasteiger partial charge in [-0.2, -0.15) is 0 Å². The lowest BCUT2D eigenvalue weighted by Crippen LogP contribution is -2.31. The Hall–Kier alpha value is -2.39. The Balaban J connectivity index is 1.59. The van der Waals surface area contributed by atoms with Gasteiger partial charge in [0, 0.05) is 29.3 Å². The number of fused-ring (bicyclic) bond motifs is 1. The molecule has 1 unspecified atom stereocenters. The van der Waals surface area contributed by atoms with Crippen LogP contribution in [0.5, 0.6) is 0 Å². The second-order valence-electron chi connectivity index (χ2n) is 6.50. The van der Waals surface area contributed by atoms with Crippen molar-refractivity contribution in [3.8, 4) is 0 Å². The summed E-state index contributed by atoms with van der Waals surface area (Å²) in [6, 6.07) is 16.0. The Labute approximate surface area is 152 Å². The molecule has 1 saturated heterocycles. The summed E-state index contributed by atoms with van der Waals surface area (Å²) in [4.78, 5) is 19.3. The number of hydrogen-bond donors (Lipinski definition) is 0. The second-order valence-corrected chi connectivity index (χ2v) is 6.93. The summed E-state index contributed by atoms with van der Waals surface area (Å²) >= 11 is 6.13. The Morgan fingerprint density at radius 1 is 1.16 bits per heavy atom. The number of hydrogen-bond acceptors (Lipinski definition) is 2. The van der Waals surface area contributed by atoms with Crippen LogP contribution in [0.15, 0.2) is 60.9 Å². The zero-order valence-corrected chi connectivity index (χ0v) is 14.6. The number of nitrogens with zero attached hydrogens (tertiary/aromatic N) is 2. The summed E-state index contributed by atoms with van der Waals surface area (Å²) in [6.07, 6.45) is 6.04. The molecule has 4 rings (SSSR count). The molecule has 1 amide bonds. The average molecular weight is 351 g/mol. The number of rotatable bonds is 3. The third kappa shape index (κ3) is 3.24. The fourth-order valence-electron chi connectivity index (χ4n) is 3.71. The van der Waals surface area contributed by atoms with Crippen LogP contribution in [-0.2, 0) is 11.2 Å². The van der Waals surface area contributed by atoms with Crippen LogP contribution < -0.4 is 0 Å². The van der Waals surface area contributed by atoms with E-state index in [0.717, 1.165) is 46.3 Å². The van der Waals surface area contributed by atoms with Crippen molar-refractivity contribution < 1.29 is 4.79 Å². The second kappa shape index (κ2) is 6.85. The molecule has 25 heavy (non-hydrogen) atoms. The van der Waals surface area contributed by atoms with Gasteiger partial charge in [0.15, 0.2) is 0 Å². The van der Waals surface area contributed by atoms with Crippen molar-refractivity contribution in [2.75, 3.05) is 6.54 Å². The van der Waals surface area contributed by atoms with Crippen molar-refractivity contribution >= 4 is 28.3 Å². The predicted octanol–water partition coefficient (Wildman–Crippen LogP) is 4.79. The molecule has 4 heteroatoms. The van der Waals surface area contributed by atoms with E-state index in [1.807, 2.05) is 53.7 Å². The standard InChI is InChI=1S/C21H19ClN2O/c22-18-7-3-6-15(11-18)20-9-4-10-24(20)21(25)12-17-14-23-13-16-5-1-2-8-19(16)17/h1-3,5-8,11,13-14,20H,4,9-10,12H2. The minimum Gasteiger partial charge on any atom is -0.335 e. The lowest BCUT2D eigenvalue weighted by molar-refractivity contribution is -0.131. The SMILES string of the molecule is O=C(Cc1cncc2ccccc12)N1CCCC1c1cccc(Cl)c1. The lowest BCUT2D eigenvalue weighted by Gasteiger charge is -2.25. The van der Waals surface area contributed by atoms with Gasteiger partial charge in [-0.3, -0.25) is 9.78 Å². The van der Waals surface area contributed by atoms with Crippen LogP contribution in [0.1, 0.15) is 30.0 Å². The minimum atomic E-state index is 0.120. The molecule has 1 aromatic heterocycles. The topological polar surface area (TPSA) is 33.2 Å². The van der Waals surface area contributed by atoms with Crippen LogP contribution in [0.3, 0.4) is 0 Å². The van der Waals surface area contributed by atoms with Gasteiger partial charge in [0.1, 0.15) is 0 Å². The maximum absolute atomic E-state index is 13.0. The average Bonchev–Trinajstić information content (AvgIpc) is 3.12. The van der Waals surface area contributed by atoms with E-state index in [0.29, 0.717) is 6.42 Å². The first kappa shape index (κ1) is 16.1. The first-order chi connectivity index (χ1) is 12.2. The molecule has 3 aromatic rings. The lowest BCUT2D eigenvalue weighted by atomic mass is 10.0. The molecule has 3 nitrogen and oxygen atoms in total. The van der Waals surface area contributed by atoms with Gasteiger partial charge in [-0.15, -0.1) is 0 Å². The minimum absolute atomic E-state index is 0.120. The maximum Gasteiger partial charge on any atom is 0.227 e. The van der Waals surface area contributed by atoms with Crippen LogP contribution in [-0.4, -0.2) is 22.3 Å². The van der Waals surface area contributed by atoms with Gasteiger partial charge in [0.2, 0.25) is 5.91 Å². The van der Waals surface area contributed by atoms with E-state index in [9.17, 15) is 4.79 Å². The Kier molecular flexibility index (Phi) is 4.41. The van der Waals surface area contributed by atoms with E-state index in [-0.39, 0.29) is 11.9 Å². The molecule has 0 aliphatic carbocycles. The van der Waals surface area contributed by atoms with Gasteiger partial charge in [-0.05, 0) is 41.5 Å². The van der Waals surface area contributed by atoms with E-state index in [1.165, 1.54) is 0 Å². The number of aromatic nitrogens is 1. The van der Waals surface area contributed by atoms with Crippen molar-refractivity contribution in [3.05, 3.63) is 77.1 Å². The van der Waals surface area contributed by atoms with Gasteiger partial charge in [0.05, 0.1) is 12.5 Å². The van der Waals surface area contributed by atoms with Crippen LogP contribution in [0.4, 0.5) is 0 Å². The molecule has 0 radical (unpaired) electrons. The number of halogens is 1. The molecule has 1 fully saturated rings. The van der Waals surface area contributed by atoms with E-state index < -0.39 is 0 Å². The van der Waals surface area contributed by atoms with Gasteiger partial charge >= 0.3 is 0 Å². The highest BCUT2D eigenvalue weighted by Gasteiger charge is 2.30. The van der Waals surface area contributed by atoms with Crippen molar-refractivity contribution in [1.82, 2.24) is 9.88 Å². The molecular weight excluding hydrogens is 332 g/mol. The highest BCUT2D eigenvalue weighted by Crippen LogP contribution is 2.33. The highest BCUT2D eigenvalue weighted by molar-refractivity contribution is 6.30. The zero-order valence-electron chi connectivity index (χ0n) is 13.9. The van der Waals surface area contributed by atoms with Crippen LogP contribution in [0.2, 0.25) is 5.02 Å². The molecule has 0 bridgehead atoms.